The zero-order valence-electron chi connectivity index (χ0n) is 15.3. The second-order valence-corrected chi connectivity index (χ2v) is 6.61. The summed E-state index contributed by atoms with van der Waals surface area (Å²) in [5, 5.41) is 19.6. The molecule has 0 bridgehead atoms. The fraction of sp³-hybridized carbons (Fsp3) is 0.611. The third-order valence-corrected chi connectivity index (χ3v) is 3.38. The summed E-state index contributed by atoms with van der Waals surface area (Å²) in [7, 11) is 0. The summed E-state index contributed by atoms with van der Waals surface area (Å²) >= 11 is 0. The van der Waals surface area contributed by atoms with Gasteiger partial charge in [0.2, 0.25) is 0 Å². The molecule has 1 rings (SSSR count). The van der Waals surface area contributed by atoms with Gasteiger partial charge in [-0.05, 0) is 33.3 Å². The van der Waals surface area contributed by atoms with Crippen LogP contribution in [0.3, 0.4) is 0 Å². The van der Waals surface area contributed by atoms with Crippen molar-refractivity contribution < 1.29 is 5.11 Å². The van der Waals surface area contributed by atoms with Crippen LogP contribution in [0.1, 0.15) is 39.2 Å². The predicted octanol–water partition coefficient (Wildman–Crippen LogP) is 2.32. The van der Waals surface area contributed by atoms with Gasteiger partial charge in [0.25, 0.3) is 0 Å². The minimum absolute atomic E-state index is 0. The molecule has 1 aromatic rings. The van der Waals surface area contributed by atoms with Crippen LogP contribution in [0, 0.1) is 0 Å². The van der Waals surface area contributed by atoms with Crippen LogP contribution in [0.4, 0.5) is 0 Å². The van der Waals surface area contributed by atoms with Gasteiger partial charge in [0.05, 0.1) is 13.2 Å². The van der Waals surface area contributed by atoms with Gasteiger partial charge >= 0.3 is 0 Å². The van der Waals surface area contributed by atoms with Crippen LogP contribution in [0.15, 0.2) is 35.3 Å². The molecule has 0 saturated heterocycles. The van der Waals surface area contributed by atoms with Crippen LogP contribution < -0.4 is 16.0 Å². The quantitative estimate of drug-likeness (QED) is 0.213. The Labute approximate surface area is 163 Å². The van der Waals surface area contributed by atoms with E-state index in [1.807, 2.05) is 37.3 Å². The standard InChI is InChI=1S/C18H32N4O.HI/c1-5-19-17(20-11-12-22-18(2,3)4)21-13-16(14-23)15-9-7-6-8-10-15;/h6-10,16,22-23H,5,11-14H2,1-4H3,(H2,19,20,21);1H. The van der Waals surface area contributed by atoms with Gasteiger partial charge in [0.1, 0.15) is 0 Å². The summed E-state index contributed by atoms with van der Waals surface area (Å²) in [6.45, 7) is 11.6. The second kappa shape index (κ2) is 12.5. The Bertz CT molecular complexity index is 460. The number of rotatable bonds is 8. The Hall–Kier alpha value is -0.860. The van der Waals surface area contributed by atoms with Crippen LogP contribution in [0.25, 0.3) is 0 Å². The average molecular weight is 448 g/mol. The number of hydrogen-bond acceptors (Lipinski definition) is 3. The second-order valence-electron chi connectivity index (χ2n) is 6.61. The summed E-state index contributed by atoms with van der Waals surface area (Å²) in [5.41, 5.74) is 1.23. The SMILES string of the molecule is CCNC(=NCC(CO)c1ccccc1)NCCNC(C)(C)C.I. The molecule has 4 N–H and O–H groups in total. The van der Waals surface area contributed by atoms with Crippen molar-refractivity contribution in [3.8, 4) is 0 Å². The number of nitrogens with one attached hydrogen (secondary N) is 3. The lowest BCUT2D eigenvalue weighted by atomic mass is 10.0. The van der Waals surface area contributed by atoms with Gasteiger partial charge in [-0.1, -0.05) is 30.3 Å². The Morgan fingerprint density at radius 2 is 1.79 bits per heavy atom. The fourth-order valence-corrected chi connectivity index (χ4v) is 2.16. The molecule has 1 atom stereocenters. The van der Waals surface area contributed by atoms with E-state index < -0.39 is 0 Å². The molecule has 0 aromatic heterocycles. The maximum absolute atomic E-state index is 9.61. The van der Waals surface area contributed by atoms with Gasteiger partial charge in [0, 0.05) is 31.1 Å². The van der Waals surface area contributed by atoms with Crippen molar-refractivity contribution >= 4 is 29.9 Å². The van der Waals surface area contributed by atoms with Crippen LogP contribution >= 0.6 is 24.0 Å². The summed E-state index contributed by atoms with van der Waals surface area (Å²) in [6, 6.07) is 10.0. The topological polar surface area (TPSA) is 68.7 Å². The smallest absolute Gasteiger partial charge is 0.191 e. The Morgan fingerprint density at radius 3 is 2.33 bits per heavy atom. The molecule has 0 aliphatic rings. The zero-order chi connectivity index (χ0) is 17.1. The molecule has 0 aliphatic carbocycles. The Kier molecular flexibility index (Phi) is 12.0. The molecule has 0 spiro atoms. The average Bonchev–Trinajstić information content (AvgIpc) is 2.52. The Morgan fingerprint density at radius 1 is 1.12 bits per heavy atom. The Balaban J connectivity index is 0.00000529. The first kappa shape index (κ1) is 23.1. The molecule has 6 heteroatoms. The van der Waals surface area contributed by atoms with E-state index in [0.717, 1.165) is 31.2 Å². The number of nitrogens with zero attached hydrogens (tertiary/aromatic N) is 1. The van der Waals surface area contributed by atoms with Crippen molar-refractivity contribution in [2.45, 2.75) is 39.2 Å². The first-order valence-electron chi connectivity index (χ1n) is 8.39. The molecule has 1 unspecified atom stereocenters. The number of halogens is 1. The molecule has 24 heavy (non-hydrogen) atoms. The molecule has 0 radical (unpaired) electrons. The van der Waals surface area contributed by atoms with E-state index in [1.165, 1.54) is 0 Å². The van der Waals surface area contributed by atoms with Crippen LogP contribution in [-0.2, 0) is 0 Å². The summed E-state index contributed by atoms with van der Waals surface area (Å²) in [6.07, 6.45) is 0. The van der Waals surface area contributed by atoms with Crippen molar-refractivity contribution in [3.63, 3.8) is 0 Å². The monoisotopic (exact) mass is 448 g/mol. The lowest BCUT2D eigenvalue weighted by Gasteiger charge is -2.21. The van der Waals surface area contributed by atoms with Crippen LogP contribution in [0.2, 0.25) is 0 Å². The fourth-order valence-electron chi connectivity index (χ4n) is 2.16. The summed E-state index contributed by atoms with van der Waals surface area (Å²) < 4.78 is 0. The molecule has 1 aromatic carbocycles. The van der Waals surface area contributed by atoms with E-state index in [9.17, 15) is 5.11 Å². The molecular formula is C18H33IN4O. The zero-order valence-corrected chi connectivity index (χ0v) is 17.6. The maximum atomic E-state index is 9.61. The molecule has 0 aliphatic heterocycles. The van der Waals surface area contributed by atoms with Gasteiger partial charge in [-0.25, -0.2) is 0 Å². The lowest BCUT2D eigenvalue weighted by Crippen LogP contribution is -2.44. The lowest BCUT2D eigenvalue weighted by molar-refractivity contribution is 0.268. The highest BCUT2D eigenvalue weighted by Gasteiger charge is 2.10. The summed E-state index contributed by atoms with van der Waals surface area (Å²) in [4.78, 5) is 4.60. The predicted molar refractivity (Wildman–Crippen MR) is 113 cm³/mol. The minimum atomic E-state index is 0. The van der Waals surface area contributed by atoms with Gasteiger partial charge in [-0.2, -0.15) is 0 Å². The third kappa shape index (κ3) is 10.1. The molecule has 0 amide bonds. The maximum Gasteiger partial charge on any atom is 0.191 e. The number of hydrogen-bond donors (Lipinski definition) is 4. The van der Waals surface area contributed by atoms with Crippen molar-refractivity contribution in [1.82, 2.24) is 16.0 Å². The molecule has 0 saturated carbocycles. The molecule has 0 fully saturated rings. The highest BCUT2D eigenvalue weighted by Crippen LogP contribution is 2.14. The van der Waals surface area contributed by atoms with Crippen LogP contribution in [0.5, 0.6) is 0 Å². The normalized spacial score (nSPS) is 13.1. The van der Waals surface area contributed by atoms with Crippen molar-refractivity contribution in [1.29, 1.82) is 0 Å². The number of guanidine groups is 1. The third-order valence-electron chi connectivity index (χ3n) is 3.38. The highest BCUT2D eigenvalue weighted by molar-refractivity contribution is 14.0. The molecular weight excluding hydrogens is 415 g/mol. The van der Waals surface area contributed by atoms with Gasteiger partial charge in [-0.15, -0.1) is 24.0 Å². The van der Waals surface area contributed by atoms with E-state index in [4.69, 9.17) is 0 Å². The largest absolute Gasteiger partial charge is 0.396 e. The number of aliphatic hydroxyl groups is 1. The van der Waals surface area contributed by atoms with E-state index in [-0.39, 0.29) is 42.0 Å². The number of aliphatic imine (C=N–C) groups is 1. The first-order chi connectivity index (χ1) is 11.0. The van der Waals surface area contributed by atoms with Gasteiger partial charge in [0.15, 0.2) is 5.96 Å². The van der Waals surface area contributed by atoms with Gasteiger partial charge in [-0.3, -0.25) is 4.99 Å². The number of aliphatic hydroxyl groups excluding tert-OH is 1. The van der Waals surface area contributed by atoms with Crippen molar-refractivity contribution in [2.75, 3.05) is 32.8 Å². The van der Waals surface area contributed by atoms with Crippen molar-refractivity contribution in [3.05, 3.63) is 35.9 Å². The van der Waals surface area contributed by atoms with E-state index in [0.29, 0.717) is 6.54 Å². The molecule has 138 valence electrons. The van der Waals surface area contributed by atoms with Crippen LogP contribution in [-0.4, -0.2) is 49.4 Å². The minimum Gasteiger partial charge on any atom is -0.396 e. The summed E-state index contributed by atoms with van der Waals surface area (Å²) in [5.74, 6) is 0.817. The van der Waals surface area contributed by atoms with Gasteiger partial charge < -0.3 is 21.1 Å². The molecule has 5 nitrogen and oxygen atoms in total. The number of benzene rings is 1. The highest BCUT2D eigenvalue weighted by atomic mass is 127. The van der Waals surface area contributed by atoms with Crippen molar-refractivity contribution in [2.24, 2.45) is 4.99 Å². The first-order valence-corrected chi connectivity index (χ1v) is 8.39. The van der Waals surface area contributed by atoms with E-state index in [2.05, 4.69) is 41.7 Å². The van der Waals surface area contributed by atoms with E-state index >= 15 is 0 Å². The van der Waals surface area contributed by atoms with E-state index in [1.54, 1.807) is 0 Å². The molecule has 0 heterocycles.